The molecule has 0 bridgehead atoms. The molecule has 3 atom stereocenters. The number of carboxylic acids is 1. The van der Waals surface area contributed by atoms with E-state index in [2.05, 4.69) is 0 Å². The maximum absolute atomic E-state index is 12.8. The van der Waals surface area contributed by atoms with Gasteiger partial charge in [-0.15, -0.1) is 11.8 Å². The molecular weight excluding hydrogens is 296 g/mol. The summed E-state index contributed by atoms with van der Waals surface area (Å²) < 4.78 is 0. The lowest BCUT2D eigenvalue weighted by atomic mass is 10.1. The van der Waals surface area contributed by atoms with Gasteiger partial charge in [0.1, 0.15) is 6.04 Å². The SMILES string of the molecule is CC(C)C1SCC(C(=O)O)N1C(=O)N1CCSCC1C. The molecule has 1 N–H and O–H groups in total. The monoisotopic (exact) mass is 318 g/mol. The quantitative estimate of drug-likeness (QED) is 0.844. The van der Waals surface area contributed by atoms with Crippen LogP contribution in [0.4, 0.5) is 4.79 Å². The zero-order valence-corrected chi connectivity index (χ0v) is 13.7. The number of carbonyl (C=O) groups is 2. The van der Waals surface area contributed by atoms with E-state index in [0.717, 1.165) is 11.5 Å². The Kier molecular flexibility index (Phi) is 5.12. The van der Waals surface area contributed by atoms with Gasteiger partial charge in [0.15, 0.2) is 0 Å². The summed E-state index contributed by atoms with van der Waals surface area (Å²) in [6.45, 7) is 6.83. The number of amides is 2. The summed E-state index contributed by atoms with van der Waals surface area (Å²) in [6, 6.07) is -0.621. The minimum Gasteiger partial charge on any atom is -0.480 e. The molecule has 0 aromatic carbocycles. The fourth-order valence-electron chi connectivity index (χ4n) is 2.63. The maximum atomic E-state index is 12.8. The van der Waals surface area contributed by atoms with Gasteiger partial charge in [0, 0.05) is 29.8 Å². The van der Waals surface area contributed by atoms with E-state index in [-0.39, 0.29) is 23.4 Å². The molecule has 2 rings (SSSR count). The Morgan fingerprint density at radius 3 is 2.55 bits per heavy atom. The van der Waals surface area contributed by atoms with Crippen molar-refractivity contribution in [1.29, 1.82) is 0 Å². The minimum absolute atomic E-state index is 0.0367. The van der Waals surface area contributed by atoms with Crippen LogP contribution in [0.25, 0.3) is 0 Å². The average molecular weight is 318 g/mol. The lowest BCUT2D eigenvalue weighted by molar-refractivity contribution is -0.141. The van der Waals surface area contributed by atoms with Crippen molar-refractivity contribution < 1.29 is 14.7 Å². The molecule has 0 aromatic heterocycles. The molecule has 2 saturated heterocycles. The number of aliphatic carboxylic acids is 1. The first-order valence-corrected chi connectivity index (χ1v) is 9.15. The number of nitrogens with zero attached hydrogens (tertiary/aromatic N) is 2. The van der Waals surface area contributed by atoms with Crippen molar-refractivity contribution in [3.63, 3.8) is 0 Å². The normalized spacial score (nSPS) is 30.9. The van der Waals surface area contributed by atoms with E-state index in [1.54, 1.807) is 16.7 Å². The summed E-state index contributed by atoms with van der Waals surface area (Å²) in [4.78, 5) is 27.7. The van der Waals surface area contributed by atoms with E-state index < -0.39 is 12.0 Å². The molecule has 114 valence electrons. The molecule has 5 nitrogen and oxygen atoms in total. The molecular formula is C13H22N2O3S2. The largest absolute Gasteiger partial charge is 0.480 e. The van der Waals surface area contributed by atoms with Crippen molar-refractivity contribution in [2.75, 3.05) is 23.8 Å². The van der Waals surface area contributed by atoms with Crippen LogP contribution < -0.4 is 0 Å². The first-order chi connectivity index (χ1) is 9.43. The van der Waals surface area contributed by atoms with Crippen molar-refractivity contribution in [2.24, 2.45) is 5.92 Å². The van der Waals surface area contributed by atoms with Crippen LogP contribution in [0.3, 0.4) is 0 Å². The van der Waals surface area contributed by atoms with Crippen LogP contribution in [-0.2, 0) is 4.79 Å². The maximum Gasteiger partial charge on any atom is 0.327 e. The molecule has 2 fully saturated rings. The molecule has 20 heavy (non-hydrogen) atoms. The van der Waals surface area contributed by atoms with E-state index in [0.29, 0.717) is 12.3 Å². The van der Waals surface area contributed by atoms with E-state index in [4.69, 9.17) is 0 Å². The number of thioether (sulfide) groups is 2. The van der Waals surface area contributed by atoms with Gasteiger partial charge in [-0.1, -0.05) is 13.8 Å². The Morgan fingerprint density at radius 2 is 2.00 bits per heavy atom. The number of hydrogen-bond acceptors (Lipinski definition) is 4. The van der Waals surface area contributed by atoms with Gasteiger partial charge in [-0.2, -0.15) is 11.8 Å². The minimum atomic E-state index is -0.895. The second kappa shape index (κ2) is 6.47. The molecule has 7 heteroatoms. The van der Waals surface area contributed by atoms with Crippen LogP contribution in [0.15, 0.2) is 0 Å². The number of carbonyl (C=O) groups excluding carboxylic acids is 1. The third-order valence-corrected chi connectivity index (χ3v) is 6.53. The number of hydrogen-bond donors (Lipinski definition) is 1. The van der Waals surface area contributed by atoms with Gasteiger partial charge in [0.25, 0.3) is 0 Å². The molecule has 2 aliphatic rings. The number of carboxylic acid groups (broad SMARTS) is 1. The second-order valence-electron chi connectivity index (χ2n) is 5.63. The smallest absolute Gasteiger partial charge is 0.327 e. The lowest BCUT2D eigenvalue weighted by Gasteiger charge is -2.39. The molecule has 0 spiro atoms. The Hall–Kier alpha value is -0.560. The van der Waals surface area contributed by atoms with Crippen LogP contribution in [-0.4, -0.2) is 68.2 Å². The molecule has 0 aromatic rings. The highest BCUT2D eigenvalue weighted by atomic mass is 32.2. The van der Waals surface area contributed by atoms with Crippen molar-refractivity contribution in [2.45, 2.75) is 38.2 Å². The molecule has 0 saturated carbocycles. The highest BCUT2D eigenvalue weighted by molar-refractivity contribution is 8.00. The van der Waals surface area contributed by atoms with E-state index in [9.17, 15) is 14.7 Å². The van der Waals surface area contributed by atoms with Crippen LogP contribution in [0.2, 0.25) is 0 Å². The summed E-state index contributed by atoms with van der Waals surface area (Å²) in [5.74, 6) is 1.70. The Balaban J connectivity index is 2.20. The molecule has 2 heterocycles. The lowest BCUT2D eigenvalue weighted by Crippen LogP contribution is -2.56. The highest BCUT2D eigenvalue weighted by Gasteiger charge is 2.45. The fourth-order valence-corrected chi connectivity index (χ4v) is 5.11. The van der Waals surface area contributed by atoms with Crippen LogP contribution >= 0.6 is 23.5 Å². The van der Waals surface area contributed by atoms with Crippen LogP contribution in [0.5, 0.6) is 0 Å². The van der Waals surface area contributed by atoms with Gasteiger partial charge in [-0.25, -0.2) is 9.59 Å². The highest BCUT2D eigenvalue weighted by Crippen LogP contribution is 2.35. The van der Waals surface area contributed by atoms with Gasteiger partial charge < -0.3 is 10.0 Å². The summed E-state index contributed by atoms with van der Waals surface area (Å²) >= 11 is 3.43. The average Bonchev–Trinajstić information content (AvgIpc) is 2.83. The van der Waals surface area contributed by atoms with Crippen molar-refractivity contribution in [3.05, 3.63) is 0 Å². The summed E-state index contributed by atoms with van der Waals surface area (Å²) in [5.41, 5.74) is 0. The first kappa shape index (κ1) is 15.8. The predicted octanol–water partition coefficient (Wildman–Crippen LogP) is 2.03. The molecule has 2 amide bonds. The number of urea groups is 1. The van der Waals surface area contributed by atoms with Gasteiger partial charge >= 0.3 is 12.0 Å². The van der Waals surface area contributed by atoms with Crippen LogP contribution in [0, 0.1) is 5.92 Å². The van der Waals surface area contributed by atoms with Gasteiger partial charge in [-0.05, 0) is 12.8 Å². The molecule has 0 radical (unpaired) electrons. The van der Waals surface area contributed by atoms with E-state index >= 15 is 0 Å². The van der Waals surface area contributed by atoms with Crippen molar-refractivity contribution in [3.8, 4) is 0 Å². The summed E-state index contributed by atoms with van der Waals surface area (Å²) in [5, 5.41) is 9.33. The Labute approximate surface area is 128 Å². The third-order valence-electron chi connectivity index (χ3n) is 3.72. The standard InChI is InChI=1S/C13H22N2O3S2/c1-8(2)11-15(10(7-20-11)12(16)17)13(18)14-4-5-19-6-9(14)3/h8-11H,4-7H2,1-3H3,(H,16,17). The Morgan fingerprint density at radius 1 is 1.30 bits per heavy atom. The van der Waals surface area contributed by atoms with E-state index in [1.165, 1.54) is 0 Å². The predicted molar refractivity (Wildman–Crippen MR) is 83.2 cm³/mol. The van der Waals surface area contributed by atoms with Gasteiger partial charge in [-0.3, -0.25) is 4.90 Å². The molecule has 3 unspecified atom stereocenters. The first-order valence-electron chi connectivity index (χ1n) is 6.94. The fraction of sp³-hybridized carbons (Fsp3) is 0.846. The van der Waals surface area contributed by atoms with Crippen LogP contribution in [0.1, 0.15) is 20.8 Å². The second-order valence-corrected chi connectivity index (χ2v) is 7.93. The summed E-state index contributed by atoms with van der Waals surface area (Å²) in [7, 11) is 0. The zero-order valence-electron chi connectivity index (χ0n) is 12.1. The molecule has 2 aliphatic heterocycles. The number of rotatable bonds is 2. The molecule has 0 aliphatic carbocycles. The Bertz CT molecular complexity index is 392. The zero-order chi connectivity index (χ0) is 14.9. The van der Waals surface area contributed by atoms with E-state index in [1.807, 2.05) is 37.4 Å². The summed E-state index contributed by atoms with van der Waals surface area (Å²) in [6.07, 6.45) is 0. The van der Waals surface area contributed by atoms with Gasteiger partial charge in [0.2, 0.25) is 0 Å². The topological polar surface area (TPSA) is 60.9 Å². The van der Waals surface area contributed by atoms with Crippen molar-refractivity contribution in [1.82, 2.24) is 9.80 Å². The third kappa shape index (κ3) is 3.03. The van der Waals surface area contributed by atoms with Crippen molar-refractivity contribution >= 4 is 35.5 Å². The van der Waals surface area contributed by atoms with Gasteiger partial charge in [0.05, 0.1) is 5.37 Å².